The van der Waals surface area contributed by atoms with Crippen LogP contribution in [0, 0.1) is 0 Å². The minimum Gasteiger partial charge on any atom is -0.463 e. The van der Waals surface area contributed by atoms with E-state index in [1.807, 2.05) is 0 Å². The van der Waals surface area contributed by atoms with Crippen LogP contribution in [0.25, 0.3) is 0 Å². The fourth-order valence-corrected chi connectivity index (χ4v) is 3.32. The lowest BCUT2D eigenvalue weighted by Crippen LogP contribution is -2.61. The molecule has 0 radical (unpaired) electrons. The van der Waals surface area contributed by atoms with Crippen molar-refractivity contribution in [2.75, 3.05) is 6.61 Å². The van der Waals surface area contributed by atoms with Crippen LogP contribution in [0.15, 0.2) is 0 Å². The van der Waals surface area contributed by atoms with Gasteiger partial charge in [-0.15, -0.1) is 0 Å². The van der Waals surface area contributed by atoms with Crippen LogP contribution >= 0.6 is 11.8 Å². The highest BCUT2D eigenvalue weighted by molar-refractivity contribution is 8.14. The first-order valence-electron chi connectivity index (χ1n) is 7.99. The van der Waals surface area contributed by atoms with E-state index in [0.29, 0.717) is 11.8 Å². The summed E-state index contributed by atoms with van der Waals surface area (Å²) in [6.45, 7) is 5.51. The molecule has 0 aromatic carbocycles. The number of esters is 4. The molecule has 1 saturated heterocycles. The second kappa shape index (κ2) is 10.3. The van der Waals surface area contributed by atoms with Crippen LogP contribution in [0.5, 0.6) is 0 Å². The maximum Gasteiger partial charge on any atom is 0.303 e. The predicted octanol–water partition coefficient (Wildman–Crippen LogP) is 0.349. The van der Waals surface area contributed by atoms with E-state index in [9.17, 15) is 24.0 Å². The first kappa shape index (κ1) is 22.9. The fourth-order valence-electron chi connectivity index (χ4n) is 2.45. The van der Waals surface area contributed by atoms with Gasteiger partial charge in [0.15, 0.2) is 28.9 Å². The van der Waals surface area contributed by atoms with E-state index in [1.165, 1.54) is 13.8 Å². The molecule has 0 bridgehead atoms. The van der Waals surface area contributed by atoms with Crippen molar-refractivity contribution in [1.82, 2.24) is 0 Å². The molecule has 0 aromatic heterocycles. The van der Waals surface area contributed by atoms with Crippen LogP contribution in [0.1, 0.15) is 34.6 Å². The highest BCUT2D eigenvalue weighted by Crippen LogP contribution is 2.34. The zero-order valence-corrected chi connectivity index (χ0v) is 16.4. The second-order valence-electron chi connectivity index (χ2n) is 5.68. The molecular weight excluding hydrogens is 384 g/mol. The summed E-state index contributed by atoms with van der Waals surface area (Å²) < 4.78 is 26.2. The number of hydrogen-bond donors (Lipinski definition) is 0. The normalized spacial score (nSPS) is 27.2. The first-order valence-corrected chi connectivity index (χ1v) is 8.87. The Morgan fingerprint density at radius 1 is 0.741 bits per heavy atom. The Morgan fingerprint density at radius 3 is 1.67 bits per heavy atom. The summed E-state index contributed by atoms with van der Waals surface area (Å²) in [4.78, 5) is 57.3. The molecule has 0 N–H and O–H groups in total. The van der Waals surface area contributed by atoms with Crippen LogP contribution in [0.4, 0.5) is 0 Å². The van der Waals surface area contributed by atoms with Crippen molar-refractivity contribution < 1.29 is 47.7 Å². The van der Waals surface area contributed by atoms with Crippen molar-refractivity contribution in [2.45, 2.75) is 64.5 Å². The van der Waals surface area contributed by atoms with Gasteiger partial charge in [0.2, 0.25) is 0 Å². The molecule has 152 valence electrons. The van der Waals surface area contributed by atoms with E-state index in [-0.39, 0.29) is 11.7 Å². The van der Waals surface area contributed by atoms with Gasteiger partial charge in [-0.2, -0.15) is 0 Å². The Morgan fingerprint density at radius 2 is 1.22 bits per heavy atom. The quantitative estimate of drug-likeness (QED) is 0.447. The number of carbonyl (C=O) groups excluding carboxylic acids is 5. The molecule has 1 unspecified atom stereocenters. The van der Waals surface area contributed by atoms with E-state index >= 15 is 0 Å². The molecule has 0 aromatic rings. The molecule has 5 atom stereocenters. The minimum atomic E-state index is -1.26. The highest BCUT2D eigenvalue weighted by Gasteiger charge is 2.52. The lowest BCUT2D eigenvalue weighted by Gasteiger charge is -2.43. The summed E-state index contributed by atoms with van der Waals surface area (Å²) >= 11 is 0.705. The van der Waals surface area contributed by atoms with Crippen molar-refractivity contribution in [3.63, 3.8) is 0 Å². The summed E-state index contributed by atoms with van der Waals surface area (Å²) in [5, 5.41) is -0.351. The Labute approximate surface area is 160 Å². The van der Waals surface area contributed by atoms with Crippen LogP contribution < -0.4 is 0 Å². The second-order valence-corrected chi connectivity index (χ2v) is 6.95. The standard InChI is InChI=1S/C16H22O10S/c1-7(17)22-6-12-13(23-8(2)18)14(24-9(3)19)15(25-10(4)20)16(26-12)27-11(5)21/h12-16H,6H2,1-5H3/t12-,13?,14+,15-,16+/m1/s1. The maximum absolute atomic E-state index is 11.6. The largest absolute Gasteiger partial charge is 0.463 e. The first-order chi connectivity index (χ1) is 12.5. The molecule has 0 amide bonds. The number of ether oxygens (including phenoxy) is 5. The molecule has 0 aliphatic carbocycles. The Bertz CT molecular complexity index is 604. The zero-order valence-electron chi connectivity index (χ0n) is 15.6. The number of hydrogen-bond acceptors (Lipinski definition) is 11. The van der Waals surface area contributed by atoms with Gasteiger partial charge in [-0.3, -0.25) is 24.0 Å². The third kappa shape index (κ3) is 7.55. The van der Waals surface area contributed by atoms with Gasteiger partial charge in [-0.1, -0.05) is 11.8 Å². The van der Waals surface area contributed by atoms with Crippen molar-refractivity contribution in [2.24, 2.45) is 0 Å². The lowest BCUT2D eigenvalue weighted by molar-refractivity contribution is -0.237. The SMILES string of the molecule is CC(=O)OC[C@H]1O[C@@H](SC(C)=O)[C@H](OC(C)=O)[C@@H](OC(C)=O)C1OC(C)=O. The molecule has 1 heterocycles. The van der Waals surface area contributed by atoms with Crippen LogP contribution in [-0.2, 0) is 47.7 Å². The lowest BCUT2D eigenvalue weighted by atomic mass is 9.99. The molecule has 0 spiro atoms. The van der Waals surface area contributed by atoms with Crippen molar-refractivity contribution in [3.8, 4) is 0 Å². The van der Waals surface area contributed by atoms with Gasteiger partial charge in [0.1, 0.15) is 12.7 Å². The number of carbonyl (C=O) groups is 5. The molecule has 1 rings (SSSR count). The Kier molecular flexibility index (Phi) is 8.70. The maximum atomic E-state index is 11.6. The smallest absolute Gasteiger partial charge is 0.303 e. The fraction of sp³-hybridized carbons (Fsp3) is 0.688. The Balaban J connectivity index is 3.29. The minimum absolute atomic E-state index is 0.327. The third-order valence-corrected chi connectivity index (χ3v) is 4.17. The van der Waals surface area contributed by atoms with Gasteiger partial charge in [-0.25, -0.2) is 0 Å². The predicted molar refractivity (Wildman–Crippen MR) is 90.2 cm³/mol. The topological polar surface area (TPSA) is 132 Å². The highest BCUT2D eigenvalue weighted by atomic mass is 32.2. The average Bonchev–Trinajstić information content (AvgIpc) is 2.49. The van der Waals surface area contributed by atoms with Gasteiger partial charge in [0, 0.05) is 34.6 Å². The van der Waals surface area contributed by atoms with Crippen LogP contribution in [0.2, 0.25) is 0 Å². The number of rotatable bonds is 6. The van der Waals surface area contributed by atoms with Crippen LogP contribution in [-0.4, -0.2) is 65.5 Å². The van der Waals surface area contributed by atoms with E-state index in [1.54, 1.807) is 0 Å². The van der Waals surface area contributed by atoms with Gasteiger partial charge in [-0.05, 0) is 0 Å². The molecule has 0 saturated carbocycles. The molecule has 11 heteroatoms. The molecule has 1 fully saturated rings. The average molecular weight is 406 g/mol. The summed E-state index contributed by atoms with van der Waals surface area (Å²) in [7, 11) is 0. The van der Waals surface area contributed by atoms with E-state index in [0.717, 1.165) is 20.8 Å². The molecular formula is C16H22O10S. The van der Waals surface area contributed by atoms with Gasteiger partial charge >= 0.3 is 23.9 Å². The molecule has 1 aliphatic rings. The van der Waals surface area contributed by atoms with Gasteiger partial charge in [0.05, 0.1) is 0 Å². The van der Waals surface area contributed by atoms with Crippen molar-refractivity contribution in [1.29, 1.82) is 0 Å². The zero-order chi connectivity index (χ0) is 20.7. The number of thioether (sulfide) groups is 1. The molecule has 10 nitrogen and oxygen atoms in total. The molecule has 27 heavy (non-hydrogen) atoms. The van der Waals surface area contributed by atoms with Crippen LogP contribution in [0.3, 0.4) is 0 Å². The summed E-state index contributed by atoms with van der Waals surface area (Å²) in [6, 6.07) is 0. The van der Waals surface area contributed by atoms with E-state index in [2.05, 4.69) is 0 Å². The Hall–Kier alpha value is -2.14. The van der Waals surface area contributed by atoms with E-state index < -0.39 is 53.7 Å². The van der Waals surface area contributed by atoms with Gasteiger partial charge < -0.3 is 23.7 Å². The van der Waals surface area contributed by atoms with Crippen molar-refractivity contribution in [3.05, 3.63) is 0 Å². The molecule has 1 aliphatic heterocycles. The summed E-state index contributed by atoms with van der Waals surface area (Å²) in [6.07, 6.45) is -4.76. The van der Waals surface area contributed by atoms with Gasteiger partial charge in [0.25, 0.3) is 0 Å². The summed E-state index contributed by atoms with van der Waals surface area (Å²) in [5.74, 6) is -2.76. The summed E-state index contributed by atoms with van der Waals surface area (Å²) in [5.41, 5.74) is -1.07. The van der Waals surface area contributed by atoms with Crippen molar-refractivity contribution >= 4 is 40.8 Å². The monoisotopic (exact) mass is 406 g/mol. The van der Waals surface area contributed by atoms with E-state index in [4.69, 9.17) is 23.7 Å². The third-order valence-electron chi connectivity index (χ3n) is 3.23.